The largest absolute Gasteiger partial charge is 0.478 e. The predicted octanol–water partition coefficient (Wildman–Crippen LogP) is 2.67. The van der Waals surface area contributed by atoms with Crippen LogP contribution in [0.4, 0.5) is 0 Å². The van der Waals surface area contributed by atoms with E-state index in [9.17, 15) is 4.79 Å². The molecular formula is C14H20BrNO3. The minimum atomic E-state index is -0.572. The molecule has 0 heterocycles. The number of hydrogen-bond acceptors (Lipinski definition) is 4. The molecule has 4 nitrogen and oxygen atoms in total. The highest BCUT2D eigenvalue weighted by Gasteiger charge is 2.20. The number of benzene rings is 1. The zero-order valence-electron chi connectivity index (χ0n) is 11.3. The third-order valence-corrected chi connectivity index (χ3v) is 3.12. The van der Waals surface area contributed by atoms with E-state index in [2.05, 4.69) is 15.9 Å². The van der Waals surface area contributed by atoms with Crippen molar-refractivity contribution in [2.75, 3.05) is 13.2 Å². The zero-order chi connectivity index (χ0) is 14.3. The topological polar surface area (TPSA) is 61.5 Å². The van der Waals surface area contributed by atoms with Crippen LogP contribution in [0.1, 0.15) is 25.8 Å². The van der Waals surface area contributed by atoms with Gasteiger partial charge in [0.05, 0.1) is 6.61 Å². The summed E-state index contributed by atoms with van der Waals surface area (Å²) in [4.78, 5) is 11.7. The first-order valence-corrected chi connectivity index (χ1v) is 7.23. The van der Waals surface area contributed by atoms with Crippen molar-refractivity contribution in [3.63, 3.8) is 0 Å². The van der Waals surface area contributed by atoms with E-state index in [0.717, 1.165) is 10.0 Å². The fourth-order valence-electron chi connectivity index (χ4n) is 1.70. The van der Waals surface area contributed by atoms with Crippen LogP contribution in [0.5, 0.6) is 5.75 Å². The second kappa shape index (κ2) is 8.17. The monoisotopic (exact) mass is 329 g/mol. The van der Waals surface area contributed by atoms with Gasteiger partial charge >= 0.3 is 5.97 Å². The summed E-state index contributed by atoms with van der Waals surface area (Å²) >= 11 is 3.42. The Labute approximate surface area is 122 Å². The Morgan fingerprint density at radius 2 is 2.16 bits per heavy atom. The van der Waals surface area contributed by atoms with Crippen molar-refractivity contribution >= 4 is 21.9 Å². The van der Waals surface area contributed by atoms with Gasteiger partial charge in [0.1, 0.15) is 5.75 Å². The highest BCUT2D eigenvalue weighted by molar-refractivity contribution is 9.10. The van der Waals surface area contributed by atoms with Gasteiger partial charge < -0.3 is 15.2 Å². The van der Waals surface area contributed by atoms with Crippen LogP contribution >= 0.6 is 15.9 Å². The van der Waals surface area contributed by atoms with Crippen molar-refractivity contribution in [2.24, 2.45) is 5.73 Å². The van der Waals surface area contributed by atoms with Crippen LogP contribution in [-0.4, -0.2) is 25.2 Å². The van der Waals surface area contributed by atoms with Gasteiger partial charge in [0.15, 0.2) is 6.10 Å². The first-order valence-electron chi connectivity index (χ1n) is 6.44. The number of carbonyl (C=O) groups excluding carboxylic acids is 1. The molecular weight excluding hydrogens is 310 g/mol. The molecule has 0 fully saturated rings. The van der Waals surface area contributed by atoms with Crippen LogP contribution in [0.3, 0.4) is 0 Å². The summed E-state index contributed by atoms with van der Waals surface area (Å²) in [7, 11) is 0. The van der Waals surface area contributed by atoms with E-state index < -0.39 is 6.10 Å². The fraction of sp³-hybridized carbons (Fsp3) is 0.500. The average Bonchev–Trinajstić information content (AvgIpc) is 2.38. The lowest BCUT2D eigenvalue weighted by Gasteiger charge is -2.18. The van der Waals surface area contributed by atoms with Crippen molar-refractivity contribution in [3.8, 4) is 5.75 Å². The Kier molecular flexibility index (Phi) is 6.87. The van der Waals surface area contributed by atoms with Crippen LogP contribution in [0.25, 0.3) is 0 Å². The molecule has 0 aromatic heterocycles. The second-order valence-corrected chi connectivity index (χ2v) is 4.97. The number of ether oxygens (including phenoxy) is 2. The average molecular weight is 330 g/mol. The number of halogens is 1. The number of hydrogen-bond donors (Lipinski definition) is 1. The summed E-state index contributed by atoms with van der Waals surface area (Å²) in [5, 5.41) is 0. The summed E-state index contributed by atoms with van der Waals surface area (Å²) in [5.74, 6) is 0.361. The lowest BCUT2D eigenvalue weighted by Crippen LogP contribution is -2.29. The van der Waals surface area contributed by atoms with E-state index >= 15 is 0 Å². The first-order chi connectivity index (χ1) is 9.12. The molecule has 0 spiro atoms. The number of carbonyl (C=O) groups is 1. The molecule has 0 aliphatic heterocycles. The van der Waals surface area contributed by atoms with E-state index in [1.807, 2.05) is 25.1 Å². The van der Waals surface area contributed by atoms with E-state index in [-0.39, 0.29) is 5.97 Å². The predicted molar refractivity (Wildman–Crippen MR) is 78.2 cm³/mol. The van der Waals surface area contributed by atoms with Gasteiger partial charge in [0.2, 0.25) is 0 Å². The van der Waals surface area contributed by atoms with Crippen molar-refractivity contribution < 1.29 is 14.3 Å². The Bertz CT molecular complexity index is 423. The van der Waals surface area contributed by atoms with Gasteiger partial charge in [-0.1, -0.05) is 22.9 Å². The van der Waals surface area contributed by atoms with Crippen LogP contribution in [-0.2, 0) is 16.0 Å². The van der Waals surface area contributed by atoms with Crippen LogP contribution in [0, 0.1) is 0 Å². The number of rotatable bonds is 7. The lowest BCUT2D eigenvalue weighted by atomic mass is 10.1. The van der Waals surface area contributed by atoms with E-state index in [4.69, 9.17) is 15.2 Å². The summed E-state index contributed by atoms with van der Waals surface area (Å²) < 4.78 is 11.7. The van der Waals surface area contributed by atoms with Crippen molar-refractivity contribution in [3.05, 3.63) is 28.2 Å². The summed E-state index contributed by atoms with van der Waals surface area (Å²) in [6.45, 7) is 4.56. The number of nitrogens with two attached hydrogens (primary N) is 1. The fourth-order valence-corrected chi connectivity index (χ4v) is 2.11. The van der Waals surface area contributed by atoms with Crippen molar-refractivity contribution in [1.29, 1.82) is 0 Å². The first kappa shape index (κ1) is 16.0. The highest BCUT2D eigenvalue weighted by atomic mass is 79.9. The molecule has 0 saturated carbocycles. The van der Waals surface area contributed by atoms with Crippen LogP contribution < -0.4 is 10.5 Å². The highest BCUT2D eigenvalue weighted by Crippen LogP contribution is 2.25. The third kappa shape index (κ3) is 4.84. The smallest absolute Gasteiger partial charge is 0.347 e. The van der Waals surface area contributed by atoms with E-state index in [1.165, 1.54) is 0 Å². The van der Waals surface area contributed by atoms with Gasteiger partial charge in [-0.15, -0.1) is 0 Å². The van der Waals surface area contributed by atoms with E-state index in [1.54, 1.807) is 6.92 Å². The Hall–Kier alpha value is -1.07. The third-order valence-electron chi connectivity index (χ3n) is 2.63. The number of esters is 1. The van der Waals surface area contributed by atoms with Crippen LogP contribution in [0.2, 0.25) is 0 Å². The molecule has 5 heteroatoms. The maximum Gasteiger partial charge on any atom is 0.347 e. The molecule has 19 heavy (non-hydrogen) atoms. The normalized spacial score (nSPS) is 12.0. The molecule has 1 aromatic rings. The standard InChI is InChI=1S/C14H20BrNO3/c1-3-12(14(17)18-4-2)19-13-6-5-11(15)9-10(13)7-8-16/h5-6,9,12H,3-4,7-8,16H2,1-2H3. The second-order valence-electron chi connectivity index (χ2n) is 4.06. The van der Waals surface area contributed by atoms with Crippen molar-refractivity contribution in [1.82, 2.24) is 0 Å². The molecule has 0 aliphatic carbocycles. The quantitative estimate of drug-likeness (QED) is 0.781. The maximum atomic E-state index is 11.7. The van der Waals surface area contributed by atoms with Gasteiger partial charge in [-0.05, 0) is 50.1 Å². The Morgan fingerprint density at radius 3 is 2.74 bits per heavy atom. The molecule has 0 radical (unpaired) electrons. The Balaban J connectivity index is 2.86. The molecule has 0 saturated heterocycles. The molecule has 1 atom stereocenters. The molecule has 106 valence electrons. The maximum absolute atomic E-state index is 11.7. The molecule has 1 aromatic carbocycles. The van der Waals surface area contributed by atoms with Crippen LogP contribution in [0.15, 0.2) is 22.7 Å². The van der Waals surface area contributed by atoms with Crippen molar-refractivity contribution in [2.45, 2.75) is 32.8 Å². The Morgan fingerprint density at radius 1 is 1.42 bits per heavy atom. The molecule has 2 N–H and O–H groups in total. The van der Waals surface area contributed by atoms with Gasteiger partial charge in [-0.3, -0.25) is 0 Å². The lowest BCUT2D eigenvalue weighted by molar-refractivity contribution is -0.151. The minimum absolute atomic E-state index is 0.327. The SMILES string of the molecule is CCOC(=O)C(CC)Oc1ccc(Br)cc1CCN. The molecule has 0 bridgehead atoms. The molecule has 0 aliphatic rings. The molecule has 1 unspecified atom stereocenters. The van der Waals surface area contributed by atoms with Gasteiger partial charge in [0, 0.05) is 4.47 Å². The molecule has 0 amide bonds. The summed E-state index contributed by atoms with van der Waals surface area (Å²) in [6, 6.07) is 5.68. The van der Waals surface area contributed by atoms with Gasteiger partial charge in [0.25, 0.3) is 0 Å². The summed E-state index contributed by atoms with van der Waals surface area (Å²) in [5.41, 5.74) is 6.57. The zero-order valence-corrected chi connectivity index (χ0v) is 12.9. The summed E-state index contributed by atoms with van der Waals surface area (Å²) in [6.07, 6.45) is 0.697. The van der Waals surface area contributed by atoms with Gasteiger partial charge in [-0.2, -0.15) is 0 Å². The van der Waals surface area contributed by atoms with E-state index in [0.29, 0.717) is 31.7 Å². The minimum Gasteiger partial charge on any atom is -0.478 e. The van der Waals surface area contributed by atoms with Gasteiger partial charge in [-0.25, -0.2) is 4.79 Å². The molecule has 1 rings (SSSR count).